The number of likely N-dealkylation sites (tertiary alicyclic amines) is 4. The van der Waals surface area contributed by atoms with Crippen LogP contribution in [0.1, 0.15) is 172 Å². The molecule has 4 fully saturated rings. The summed E-state index contributed by atoms with van der Waals surface area (Å²) in [5.41, 5.74) is 12.7. The molecule has 127 heavy (non-hydrogen) atoms. The first kappa shape index (κ1) is 90.2. The van der Waals surface area contributed by atoms with Crippen LogP contribution in [0.2, 0.25) is 0 Å². The number of methoxy groups -OCH3 is 6. The van der Waals surface area contributed by atoms with E-state index in [9.17, 15) is 38.4 Å². The van der Waals surface area contributed by atoms with Gasteiger partial charge in [-0.3, -0.25) is 19.4 Å². The van der Waals surface area contributed by atoms with Crippen LogP contribution in [0, 0.1) is 0 Å². The fourth-order valence-corrected chi connectivity index (χ4v) is 17.1. The molecule has 0 bridgehead atoms. The Balaban J connectivity index is 0.000000182. The van der Waals surface area contributed by atoms with E-state index in [4.69, 9.17) is 67.7 Å². The minimum atomic E-state index is -1.17. The SMILES string of the molecule is CC(C)(C)OC(=O)N1CCC[C@H]1c1ncc(-c2ccc3c(c2)COc2c-3ccc3cc(-c4cnc([C@@H]5CCCN5C(=O)OC(C)(C)C)[nH]4)ccc23)[nH]1.COC(=O)NC(C(=O)N1CCC[C@H]1c1ncc(-c2ccc3c(c2)COc2c-3ccc3cc(-c4cnc([C@@H]5CCCN5C(=O)[C@@H](NC(=O)OC)[C@@H](C)OC)[nH]4)ccc23)[nH]1)[C@@H](C)OC.COC(=O)N[C@H](C(=O)O)[C@@H](C)OC. The van der Waals surface area contributed by atoms with Crippen LogP contribution in [-0.4, -0.2) is 229 Å². The maximum atomic E-state index is 13.7. The third kappa shape index (κ3) is 19.8. The second-order valence-electron chi connectivity index (χ2n) is 34.4. The highest BCUT2D eigenvalue weighted by Gasteiger charge is 2.43. The number of carboxylic acids is 1. The number of carbonyl (C=O) groups is 8. The molecule has 6 aromatic carbocycles. The first-order valence-corrected chi connectivity index (χ1v) is 42.7. The van der Waals surface area contributed by atoms with Crippen molar-refractivity contribution >= 4 is 69.8 Å². The van der Waals surface area contributed by atoms with Gasteiger partial charge in [-0.05, 0) is 194 Å². The van der Waals surface area contributed by atoms with E-state index in [0.29, 0.717) is 51.0 Å². The molecule has 4 saturated heterocycles. The molecule has 6 aliphatic heterocycles. The zero-order valence-corrected chi connectivity index (χ0v) is 74.1. The fourth-order valence-electron chi connectivity index (χ4n) is 17.1. The molecule has 1 unspecified atom stereocenters. The van der Waals surface area contributed by atoms with Crippen molar-refractivity contribution in [3.8, 4) is 78.8 Å². The van der Waals surface area contributed by atoms with E-state index in [1.807, 2.05) is 60.0 Å². The van der Waals surface area contributed by atoms with Crippen molar-refractivity contribution in [2.75, 3.05) is 68.8 Å². The number of amides is 7. The predicted molar refractivity (Wildman–Crippen MR) is 470 cm³/mol. The molecule has 7 amide bonds. The summed E-state index contributed by atoms with van der Waals surface area (Å²) in [4.78, 5) is 138. The number of rotatable bonds is 20. The monoisotopic (exact) mass is 1740 g/mol. The van der Waals surface area contributed by atoms with Crippen LogP contribution in [0.3, 0.4) is 0 Å². The molecule has 10 aromatic rings. The van der Waals surface area contributed by atoms with E-state index in [0.717, 1.165) is 182 Å². The van der Waals surface area contributed by atoms with E-state index >= 15 is 0 Å². The number of benzene rings is 6. The van der Waals surface area contributed by atoms with Gasteiger partial charge in [0, 0.05) is 80.5 Å². The molecular weight excluding hydrogens is 1630 g/mol. The number of aromatic nitrogens is 8. The number of hydrogen-bond acceptors (Lipinski definition) is 22. The summed E-state index contributed by atoms with van der Waals surface area (Å²) < 4.78 is 53.6. The Bertz CT molecular complexity index is 5730. The number of nitrogens with one attached hydrogen (secondary N) is 7. The highest BCUT2D eigenvalue weighted by molar-refractivity contribution is 6.00. The van der Waals surface area contributed by atoms with Crippen molar-refractivity contribution in [2.45, 2.75) is 199 Å². The summed E-state index contributed by atoms with van der Waals surface area (Å²) >= 11 is 0. The highest BCUT2D eigenvalue weighted by Crippen LogP contribution is 2.48. The number of aromatic amines is 4. The third-order valence-corrected chi connectivity index (χ3v) is 23.9. The van der Waals surface area contributed by atoms with Crippen LogP contribution in [0.5, 0.6) is 11.5 Å². The number of hydrogen-bond donors (Lipinski definition) is 8. The Morgan fingerprint density at radius 2 is 0.709 bits per heavy atom. The largest absolute Gasteiger partial charge is 0.488 e. The van der Waals surface area contributed by atoms with Crippen molar-refractivity contribution < 1.29 is 90.8 Å². The minimum Gasteiger partial charge on any atom is -0.488 e. The van der Waals surface area contributed by atoms with Gasteiger partial charge in [0.25, 0.3) is 0 Å². The summed E-state index contributed by atoms with van der Waals surface area (Å²) in [6, 6.07) is 30.0. The van der Waals surface area contributed by atoms with Crippen LogP contribution >= 0.6 is 0 Å². The summed E-state index contributed by atoms with van der Waals surface area (Å²) in [5, 5.41) is 20.2. The Hall–Kier alpha value is -13.1. The lowest BCUT2D eigenvalue weighted by Crippen LogP contribution is -2.54. The van der Waals surface area contributed by atoms with Gasteiger partial charge in [-0.2, -0.15) is 0 Å². The number of fused-ring (bicyclic) bond motifs is 10. The average molecular weight is 1740 g/mol. The van der Waals surface area contributed by atoms with Gasteiger partial charge in [0.05, 0.1) is 111 Å². The normalized spacial score (nSPS) is 18.3. The Kier molecular flexibility index (Phi) is 27.3. The fraction of sp³-hybridized carbons (Fsp3) is 0.441. The van der Waals surface area contributed by atoms with Gasteiger partial charge in [0.1, 0.15) is 71.3 Å². The van der Waals surface area contributed by atoms with Gasteiger partial charge in [-0.1, -0.05) is 60.7 Å². The molecule has 0 radical (unpaired) electrons. The number of carbonyl (C=O) groups excluding carboxylic acids is 7. The summed E-state index contributed by atoms with van der Waals surface area (Å²) in [6.45, 7) is 19.5. The maximum Gasteiger partial charge on any atom is 0.410 e. The van der Waals surface area contributed by atoms with Crippen molar-refractivity contribution in [2.24, 2.45) is 0 Å². The maximum absolute atomic E-state index is 13.7. The van der Waals surface area contributed by atoms with Gasteiger partial charge in [0.15, 0.2) is 6.04 Å². The molecular formula is C93H111N15O19. The molecule has 10 heterocycles. The van der Waals surface area contributed by atoms with Gasteiger partial charge in [-0.25, -0.2) is 48.7 Å². The number of alkyl carbamates (subject to hydrolysis) is 3. The van der Waals surface area contributed by atoms with E-state index < -0.39 is 71.9 Å². The zero-order valence-electron chi connectivity index (χ0n) is 74.1. The van der Waals surface area contributed by atoms with E-state index in [1.165, 1.54) is 42.5 Å². The molecule has 8 N–H and O–H groups in total. The van der Waals surface area contributed by atoms with E-state index in [-0.39, 0.29) is 48.2 Å². The van der Waals surface area contributed by atoms with Crippen molar-refractivity contribution in [3.05, 3.63) is 156 Å². The Labute approximate surface area is 735 Å². The quantitative estimate of drug-likeness (QED) is 0.0329. The van der Waals surface area contributed by atoms with Gasteiger partial charge >= 0.3 is 36.4 Å². The van der Waals surface area contributed by atoms with Crippen LogP contribution in [-0.2, 0) is 65.5 Å². The second kappa shape index (κ2) is 38.4. The summed E-state index contributed by atoms with van der Waals surface area (Å²) in [7, 11) is 8.03. The molecule has 672 valence electrons. The molecule has 16 rings (SSSR count). The van der Waals surface area contributed by atoms with Crippen LogP contribution < -0.4 is 25.4 Å². The van der Waals surface area contributed by atoms with E-state index in [2.05, 4.69) is 132 Å². The number of aliphatic carboxylic acids is 1. The molecule has 0 aliphatic carbocycles. The Morgan fingerprint density at radius 1 is 0.409 bits per heavy atom. The lowest BCUT2D eigenvalue weighted by Gasteiger charge is -2.30. The number of ether oxygens (including phenoxy) is 10. The lowest BCUT2D eigenvalue weighted by molar-refractivity contribution is -0.142. The molecule has 34 heteroatoms. The summed E-state index contributed by atoms with van der Waals surface area (Å²) in [6.07, 6.45) is 9.29. The number of H-pyrrole nitrogens is 4. The number of carboxylic acid groups (broad SMARTS) is 1. The van der Waals surface area contributed by atoms with E-state index in [1.54, 1.807) is 45.8 Å². The highest BCUT2D eigenvalue weighted by atomic mass is 16.6. The summed E-state index contributed by atoms with van der Waals surface area (Å²) in [5.74, 6) is 2.92. The minimum absolute atomic E-state index is 0.137. The standard InChI is InChI=1S/C45H52N8O9.C41H46N6O5.C7H13NO5/c1-24(58-3)37(50-44(56)60-5)42(54)52-17-7-9-35(52)40-46-21-33(48-40)27-13-15-31-26(19-27)11-16-32-30-14-12-28(20-29(30)23-62-39(31)32)34-22-47-41(49-34)36-10-8-18-53(36)43(55)38(25(2)59-4)51-45(57)61-6;1-40(2,3)51-38(48)46-17-7-9-33(46)36-42-21-31(44-36)25-13-15-29-24(19-25)11-16-30-28-14-12-26(20-27(28)23-50-35(29)30)32-22-43-37(45-32)34-10-8-18-47(34)39(49)52-41(4,5)6;1-4(12-2)5(6(9)10)8-7(11)13-3/h11-16,19-22,24-25,35-38H,7-10,17-18,23H2,1-6H3,(H,46,48)(H,47,49)(H,50,56)(H,51,57);11-16,19-22,33-34H,7-10,17-18,23H2,1-6H3,(H,42,44)(H,43,45);4-5H,1-3H3,(H,8,11)(H,9,10)/t24-,25-,35+,36+,37+,38?;33-,34-;4-,5+/m101/s1. The third-order valence-electron chi connectivity index (χ3n) is 23.9. The van der Waals surface area contributed by atoms with Crippen molar-refractivity contribution in [3.63, 3.8) is 0 Å². The molecule has 6 aliphatic rings. The molecule has 4 aromatic heterocycles. The smallest absolute Gasteiger partial charge is 0.410 e. The van der Waals surface area contributed by atoms with Crippen molar-refractivity contribution in [1.82, 2.24) is 75.4 Å². The average Bonchev–Trinajstić information content (AvgIpc) is 1.17. The molecule has 0 saturated carbocycles. The molecule has 34 nitrogen and oxygen atoms in total. The lowest BCUT2D eigenvalue weighted by atomic mass is 9.92. The Morgan fingerprint density at radius 3 is 1.03 bits per heavy atom. The van der Waals surface area contributed by atoms with Gasteiger partial charge in [-0.15, -0.1) is 0 Å². The van der Waals surface area contributed by atoms with Crippen LogP contribution in [0.4, 0.5) is 24.0 Å². The van der Waals surface area contributed by atoms with Crippen LogP contribution in [0.25, 0.3) is 88.8 Å². The molecule has 0 spiro atoms. The zero-order chi connectivity index (χ0) is 90.4. The first-order valence-electron chi connectivity index (χ1n) is 42.7. The van der Waals surface area contributed by atoms with Crippen molar-refractivity contribution in [1.29, 1.82) is 0 Å². The second-order valence-corrected chi connectivity index (χ2v) is 34.4. The molecule has 10 atom stereocenters. The predicted octanol–water partition coefficient (Wildman–Crippen LogP) is 15.2. The number of nitrogens with zero attached hydrogens (tertiary/aromatic N) is 8. The topological polar surface area (TPSA) is 413 Å². The van der Waals surface area contributed by atoms with Gasteiger partial charge in [0.2, 0.25) is 11.8 Å². The van der Waals surface area contributed by atoms with Gasteiger partial charge < -0.3 is 98.2 Å². The first-order chi connectivity index (χ1) is 60.9. The number of imidazole rings is 4. The van der Waals surface area contributed by atoms with Crippen LogP contribution in [0.15, 0.2) is 122 Å².